The largest absolute Gasteiger partial charge is 0.478 e. The van der Waals surface area contributed by atoms with Gasteiger partial charge >= 0.3 is 24.0 Å². The fourth-order valence-corrected chi connectivity index (χ4v) is 7.33. The summed E-state index contributed by atoms with van der Waals surface area (Å²) in [5.74, 6) is -6.11. The maximum Gasteiger partial charge on any atom is 0.416 e. The number of ether oxygens (including phenoxy) is 2. The van der Waals surface area contributed by atoms with Gasteiger partial charge in [0, 0.05) is 87.7 Å². The number of aromatic carboxylic acids is 1. The van der Waals surface area contributed by atoms with Gasteiger partial charge in [-0.1, -0.05) is 0 Å². The molecule has 1 amide bonds. The van der Waals surface area contributed by atoms with E-state index in [1.54, 1.807) is 7.05 Å². The van der Waals surface area contributed by atoms with Gasteiger partial charge in [-0.15, -0.1) is 0 Å². The van der Waals surface area contributed by atoms with Gasteiger partial charge in [0.1, 0.15) is 16.9 Å². The Morgan fingerprint density at radius 3 is 2.57 bits per heavy atom. The summed E-state index contributed by atoms with van der Waals surface area (Å²) in [6.45, 7) is 1.17. The number of benzene rings is 1. The lowest BCUT2D eigenvalue weighted by molar-refractivity contribution is -0.146. The first kappa shape index (κ1) is 35.0. The van der Waals surface area contributed by atoms with E-state index in [9.17, 15) is 29.1 Å². The Labute approximate surface area is 297 Å². The molecular formula is C35H31F2N7O9. The SMILES string of the molecule is CN1C[C@@H]2CCN(c3c(-c4cnc5c(c4)c(=O)c(C(=O)O)cn5C)cnc4[nH]c5c(N(C)C(=O)OCOC(=O)/C=C/C(=O)O)cc(F)c(F)c5c34)[C@@H]2C1. The first-order valence-corrected chi connectivity index (χ1v) is 16.2. The van der Waals surface area contributed by atoms with Crippen LogP contribution in [-0.2, 0) is 26.1 Å². The van der Waals surface area contributed by atoms with Crippen molar-refractivity contribution in [3.8, 4) is 11.1 Å². The normalized spacial score (nSPS) is 17.3. The number of likely N-dealkylation sites (N-methyl/N-ethyl adjacent to an activating group) is 1. The average molecular weight is 732 g/mol. The van der Waals surface area contributed by atoms with Crippen molar-refractivity contribution in [3.05, 3.63) is 70.3 Å². The van der Waals surface area contributed by atoms with Gasteiger partial charge in [-0.25, -0.2) is 37.9 Å². The van der Waals surface area contributed by atoms with E-state index in [0.717, 1.165) is 23.9 Å². The molecule has 2 aliphatic heterocycles. The number of aryl methyl sites for hydroxylation is 1. The third kappa shape index (κ3) is 6.05. The molecule has 0 saturated carbocycles. The maximum absolute atomic E-state index is 16.2. The molecule has 16 nitrogen and oxygen atoms in total. The van der Waals surface area contributed by atoms with Crippen LogP contribution >= 0.6 is 0 Å². The lowest BCUT2D eigenvalue weighted by Crippen LogP contribution is -2.35. The number of hydrogen-bond donors (Lipinski definition) is 3. The summed E-state index contributed by atoms with van der Waals surface area (Å²) in [5.41, 5.74) is 0.395. The topological polar surface area (TPSA) is 200 Å². The highest BCUT2D eigenvalue weighted by Gasteiger charge is 2.42. The van der Waals surface area contributed by atoms with Crippen LogP contribution < -0.4 is 15.2 Å². The van der Waals surface area contributed by atoms with Crippen LogP contribution in [0.1, 0.15) is 16.8 Å². The molecule has 0 aliphatic carbocycles. The lowest BCUT2D eigenvalue weighted by Gasteiger charge is -2.29. The number of aromatic nitrogens is 4. The molecule has 6 heterocycles. The highest BCUT2D eigenvalue weighted by atomic mass is 19.2. The molecule has 0 unspecified atom stereocenters. The summed E-state index contributed by atoms with van der Waals surface area (Å²) in [5, 5.41) is 18.4. The molecule has 2 fully saturated rings. The predicted octanol–water partition coefficient (Wildman–Crippen LogP) is 3.46. The molecule has 0 spiro atoms. The van der Waals surface area contributed by atoms with Crippen molar-refractivity contribution in [2.45, 2.75) is 12.5 Å². The number of halogens is 2. The maximum atomic E-state index is 16.2. The highest BCUT2D eigenvalue weighted by Crippen LogP contribution is 2.47. The van der Waals surface area contributed by atoms with Crippen molar-refractivity contribution in [1.82, 2.24) is 24.4 Å². The van der Waals surface area contributed by atoms with Gasteiger partial charge in [0.2, 0.25) is 12.2 Å². The number of pyridine rings is 3. The van der Waals surface area contributed by atoms with Gasteiger partial charge in [0.15, 0.2) is 11.6 Å². The number of aliphatic carboxylic acids is 1. The number of carboxylic acids is 2. The zero-order valence-electron chi connectivity index (χ0n) is 28.4. The Bertz CT molecular complexity index is 2480. The molecule has 0 bridgehead atoms. The van der Waals surface area contributed by atoms with E-state index in [0.29, 0.717) is 42.1 Å². The zero-order valence-corrected chi connectivity index (χ0v) is 28.4. The van der Waals surface area contributed by atoms with Gasteiger partial charge in [-0.05, 0) is 25.5 Å². The summed E-state index contributed by atoms with van der Waals surface area (Å²) in [7, 11) is 4.80. The molecule has 0 radical (unpaired) electrons. The molecule has 2 saturated heterocycles. The number of carboxylic acid groups (broad SMARTS) is 2. The van der Waals surface area contributed by atoms with Crippen molar-refractivity contribution in [2.75, 3.05) is 50.3 Å². The van der Waals surface area contributed by atoms with Crippen molar-refractivity contribution in [2.24, 2.45) is 13.0 Å². The van der Waals surface area contributed by atoms with Crippen LogP contribution in [0.2, 0.25) is 0 Å². The van der Waals surface area contributed by atoms with E-state index in [2.05, 4.69) is 29.5 Å². The number of fused-ring (bicyclic) bond motifs is 5. The van der Waals surface area contributed by atoms with Crippen LogP contribution in [0.25, 0.3) is 44.1 Å². The van der Waals surface area contributed by atoms with Gasteiger partial charge in [0.25, 0.3) is 0 Å². The Hall–Kier alpha value is -6.43. The Balaban J connectivity index is 1.39. The van der Waals surface area contributed by atoms with E-state index in [4.69, 9.17) is 9.84 Å². The quantitative estimate of drug-likeness (QED) is 0.119. The van der Waals surface area contributed by atoms with E-state index in [-0.39, 0.29) is 50.6 Å². The number of likely N-dealkylation sites (tertiary alicyclic amines) is 1. The number of carbonyl (C=O) groups excluding carboxylic acids is 2. The molecule has 18 heteroatoms. The number of rotatable bonds is 8. The van der Waals surface area contributed by atoms with Crippen LogP contribution in [0.5, 0.6) is 0 Å². The molecule has 2 atom stereocenters. The van der Waals surface area contributed by atoms with Crippen molar-refractivity contribution >= 4 is 68.3 Å². The number of carbonyl (C=O) groups is 4. The van der Waals surface area contributed by atoms with Gasteiger partial charge in [0.05, 0.1) is 33.1 Å². The number of nitrogens with one attached hydrogen (secondary N) is 1. The predicted molar refractivity (Wildman–Crippen MR) is 186 cm³/mol. The van der Waals surface area contributed by atoms with Crippen molar-refractivity contribution < 1.29 is 47.6 Å². The van der Waals surface area contributed by atoms with Crippen molar-refractivity contribution in [3.63, 3.8) is 0 Å². The van der Waals surface area contributed by atoms with Gasteiger partial charge in [-0.2, -0.15) is 0 Å². The van der Waals surface area contributed by atoms with Crippen molar-refractivity contribution in [1.29, 1.82) is 0 Å². The molecule has 2 aliphatic rings. The first-order chi connectivity index (χ1) is 25.2. The van der Waals surface area contributed by atoms with E-state index in [1.165, 1.54) is 36.3 Å². The summed E-state index contributed by atoms with van der Waals surface area (Å²) >= 11 is 0. The molecule has 4 aromatic heterocycles. The molecule has 274 valence electrons. The first-order valence-electron chi connectivity index (χ1n) is 16.2. The Morgan fingerprint density at radius 1 is 1.06 bits per heavy atom. The van der Waals surface area contributed by atoms with Gasteiger partial charge in [-0.3, -0.25) is 9.69 Å². The summed E-state index contributed by atoms with van der Waals surface area (Å²) in [6, 6.07) is 2.30. The van der Waals surface area contributed by atoms with E-state index >= 15 is 8.78 Å². The minimum atomic E-state index is -1.40. The number of anilines is 2. The molecule has 3 N–H and O–H groups in total. The highest BCUT2D eigenvalue weighted by molar-refractivity contribution is 6.19. The van der Waals surface area contributed by atoms with E-state index in [1.807, 2.05) is 7.05 Å². The fraction of sp³-hybridized carbons (Fsp3) is 0.286. The lowest BCUT2D eigenvalue weighted by atomic mass is 9.99. The molecule has 5 aromatic rings. The summed E-state index contributed by atoms with van der Waals surface area (Å²) in [6.07, 6.45) is 5.08. The Morgan fingerprint density at radius 2 is 1.83 bits per heavy atom. The molecular weight excluding hydrogens is 700 g/mol. The molecule has 53 heavy (non-hydrogen) atoms. The molecule has 7 rings (SSSR count). The monoisotopic (exact) mass is 731 g/mol. The van der Waals surface area contributed by atoms with Crippen LogP contribution in [0.15, 0.2) is 47.7 Å². The summed E-state index contributed by atoms with van der Waals surface area (Å²) < 4.78 is 42.9. The number of H-pyrrole nitrogens is 1. The van der Waals surface area contributed by atoms with Crippen LogP contribution in [0.4, 0.5) is 25.0 Å². The zero-order chi connectivity index (χ0) is 37.9. The Kier molecular flexibility index (Phi) is 8.77. The van der Waals surface area contributed by atoms with Crippen LogP contribution in [-0.4, -0.2) is 105 Å². The smallest absolute Gasteiger partial charge is 0.416 e. The minimum Gasteiger partial charge on any atom is -0.478 e. The number of aromatic amines is 1. The standard InChI is InChI=1S/C35H31F2N7O9/c1-41-12-16-6-7-44(23(16)14-41)30-19(17-8-18-31(48)20(34(49)50)13-42(2)33(18)39-10-17)11-38-32-27(30)26-28(37)21(36)9-22(29(26)40-32)43(3)35(51)53-15-52-25(47)5-4-24(45)46/h4-5,8-11,13,16,23H,6-7,12,14-15H2,1-3H3,(H,38,40)(H,45,46)(H,49,50)/b5-4+/t16-,23+/m0/s1. The van der Waals surface area contributed by atoms with Crippen LogP contribution in [0, 0.1) is 17.6 Å². The third-order valence-electron chi connectivity index (χ3n) is 9.70. The average Bonchev–Trinajstić information content (AvgIpc) is 3.81. The fourth-order valence-electron chi connectivity index (χ4n) is 7.33. The van der Waals surface area contributed by atoms with Crippen LogP contribution in [0.3, 0.4) is 0 Å². The summed E-state index contributed by atoms with van der Waals surface area (Å²) in [4.78, 5) is 77.8. The number of amides is 1. The van der Waals surface area contributed by atoms with E-state index < -0.39 is 53.4 Å². The number of hydrogen-bond acceptors (Lipinski definition) is 11. The second-order valence-electron chi connectivity index (χ2n) is 12.9. The number of esters is 1. The number of nitrogens with zero attached hydrogens (tertiary/aromatic N) is 6. The molecule has 1 aromatic carbocycles. The minimum absolute atomic E-state index is 0.00142. The third-order valence-corrected chi connectivity index (χ3v) is 9.70. The second kappa shape index (κ2) is 13.3. The second-order valence-corrected chi connectivity index (χ2v) is 12.9. The van der Waals surface area contributed by atoms with Gasteiger partial charge < -0.3 is 39.0 Å².